The van der Waals surface area contributed by atoms with Crippen LogP contribution in [0, 0.1) is 5.82 Å². The van der Waals surface area contributed by atoms with Crippen molar-refractivity contribution < 1.29 is 12.8 Å². The van der Waals surface area contributed by atoms with Crippen molar-refractivity contribution in [3.05, 3.63) is 77.6 Å². The Hall–Kier alpha value is -2.29. The quantitative estimate of drug-likeness (QED) is 0.713. The van der Waals surface area contributed by atoms with Gasteiger partial charge in [0.15, 0.2) is 5.82 Å². The summed E-state index contributed by atoms with van der Waals surface area (Å²) in [6, 6.07) is 12.1. The van der Waals surface area contributed by atoms with Crippen molar-refractivity contribution in [1.82, 2.24) is 19.5 Å². The second-order valence-electron chi connectivity index (χ2n) is 5.25. The van der Waals surface area contributed by atoms with E-state index in [1.165, 1.54) is 35.5 Å². The highest BCUT2D eigenvalue weighted by Gasteiger charge is 2.25. The summed E-state index contributed by atoms with van der Waals surface area (Å²) in [7, 11) is -4.13. The van der Waals surface area contributed by atoms with E-state index in [1.54, 1.807) is 24.3 Å². The molecule has 0 bridgehead atoms. The van der Waals surface area contributed by atoms with Crippen LogP contribution in [0.25, 0.3) is 0 Å². The van der Waals surface area contributed by atoms with Crippen molar-refractivity contribution in [3.63, 3.8) is 0 Å². The highest BCUT2D eigenvalue weighted by Crippen LogP contribution is 2.24. The first-order valence-corrected chi connectivity index (χ1v) is 9.17. The van der Waals surface area contributed by atoms with E-state index < -0.39 is 26.8 Å². The minimum Gasteiger partial charge on any atom is -0.251 e. The number of halogens is 2. The van der Waals surface area contributed by atoms with Gasteiger partial charge in [0.1, 0.15) is 17.6 Å². The number of nitrogens with zero attached hydrogens (tertiary/aromatic N) is 3. The first kappa shape index (κ1) is 17.5. The smallest absolute Gasteiger partial charge is 0.244 e. The molecule has 1 N–H and O–H groups in total. The summed E-state index contributed by atoms with van der Waals surface area (Å²) in [5.74, 6) is -0.982. The molecule has 0 spiro atoms. The Labute approximate surface area is 149 Å². The summed E-state index contributed by atoms with van der Waals surface area (Å²) in [5.41, 5.74) is 0.712. The molecule has 9 heteroatoms. The van der Waals surface area contributed by atoms with Gasteiger partial charge in [0.25, 0.3) is 0 Å². The van der Waals surface area contributed by atoms with E-state index in [2.05, 4.69) is 14.8 Å². The first-order valence-electron chi connectivity index (χ1n) is 7.31. The van der Waals surface area contributed by atoms with Crippen molar-refractivity contribution in [2.75, 3.05) is 0 Å². The van der Waals surface area contributed by atoms with Crippen LogP contribution in [0.1, 0.15) is 11.6 Å². The minimum absolute atomic E-state index is 0.200. The van der Waals surface area contributed by atoms with Gasteiger partial charge < -0.3 is 0 Å². The number of sulfonamides is 1. The summed E-state index contributed by atoms with van der Waals surface area (Å²) in [5, 5.41) is 3.74. The van der Waals surface area contributed by atoms with Gasteiger partial charge >= 0.3 is 0 Å². The molecule has 1 atom stereocenters. The fourth-order valence-electron chi connectivity index (χ4n) is 2.35. The van der Waals surface area contributed by atoms with Crippen molar-refractivity contribution in [1.29, 1.82) is 0 Å². The zero-order valence-electron chi connectivity index (χ0n) is 12.9. The maximum atomic E-state index is 14.1. The predicted molar refractivity (Wildman–Crippen MR) is 90.9 cm³/mol. The van der Waals surface area contributed by atoms with Crippen LogP contribution in [-0.4, -0.2) is 23.2 Å². The van der Waals surface area contributed by atoms with Gasteiger partial charge in [-0.3, -0.25) is 4.68 Å². The maximum Gasteiger partial charge on any atom is 0.244 e. The Morgan fingerprint density at radius 3 is 2.60 bits per heavy atom. The highest BCUT2D eigenvalue weighted by atomic mass is 35.5. The van der Waals surface area contributed by atoms with Gasteiger partial charge in [0, 0.05) is 0 Å². The van der Waals surface area contributed by atoms with E-state index in [9.17, 15) is 12.8 Å². The van der Waals surface area contributed by atoms with E-state index in [1.807, 2.05) is 6.07 Å². The molecule has 0 fully saturated rings. The molecule has 6 nitrogen and oxygen atoms in total. The fraction of sp³-hybridized carbons (Fsp3) is 0.125. The van der Waals surface area contributed by atoms with Crippen LogP contribution in [0.15, 0.2) is 66.1 Å². The summed E-state index contributed by atoms with van der Waals surface area (Å²) in [6.45, 7) is 0.200. The first-order chi connectivity index (χ1) is 12.0. The molecule has 0 unspecified atom stereocenters. The van der Waals surface area contributed by atoms with Crippen molar-refractivity contribution in [3.8, 4) is 0 Å². The molecule has 130 valence electrons. The third-order valence-corrected chi connectivity index (χ3v) is 5.32. The molecule has 0 saturated carbocycles. The van der Waals surface area contributed by atoms with Crippen molar-refractivity contribution in [2.24, 2.45) is 0 Å². The summed E-state index contributed by atoms with van der Waals surface area (Å²) in [4.78, 5) is 3.35. The van der Waals surface area contributed by atoms with Gasteiger partial charge in [-0.15, -0.1) is 0 Å². The molecule has 0 amide bonds. The average Bonchev–Trinajstić information content (AvgIpc) is 3.10. The zero-order chi connectivity index (χ0) is 17.9. The van der Waals surface area contributed by atoms with Gasteiger partial charge in [0.2, 0.25) is 10.0 Å². The van der Waals surface area contributed by atoms with Crippen LogP contribution in [0.4, 0.5) is 4.39 Å². The Morgan fingerprint density at radius 2 is 1.92 bits per heavy atom. The number of rotatable bonds is 6. The molecule has 1 heterocycles. The SMILES string of the molecule is O=S(=O)(N[C@H](Cn1cncn1)c1ccccc1)c1cccc(Cl)c1F. The summed E-state index contributed by atoms with van der Waals surface area (Å²) < 4.78 is 43.5. The minimum atomic E-state index is -4.13. The van der Waals surface area contributed by atoms with E-state index in [0.717, 1.165) is 0 Å². The standard InChI is InChI=1S/C16H14ClFN4O2S/c17-13-7-4-8-15(16(13)18)25(23,24)21-14(9-22-11-19-10-20-22)12-5-2-1-3-6-12/h1-8,10-11,14,21H,9H2/t14-/m1/s1. The van der Waals surface area contributed by atoms with Crippen LogP contribution < -0.4 is 4.72 Å². The maximum absolute atomic E-state index is 14.1. The lowest BCUT2D eigenvalue weighted by Gasteiger charge is -2.19. The molecule has 0 aliphatic carbocycles. The van der Waals surface area contributed by atoms with Gasteiger partial charge in [-0.05, 0) is 17.7 Å². The summed E-state index contributed by atoms with van der Waals surface area (Å²) >= 11 is 5.70. The van der Waals surface area contributed by atoms with Crippen LogP contribution in [0.2, 0.25) is 5.02 Å². The third-order valence-electron chi connectivity index (χ3n) is 3.54. The average molecular weight is 381 g/mol. The molecular weight excluding hydrogens is 367 g/mol. The largest absolute Gasteiger partial charge is 0.251 e. The summed E-state index contributed by atoms with van der Waals surface area (Å²) in [6.07, 6.45) is 2.83. The van der Waals surface area contributed by atoms with Crippen LogP contribution in [0.3, 0.4) is 0 Å². The predicted octanol–water partition coefficient (Wildman–Crippen LogP) is 2.79. The molecule has 0 radical (unpaired) electrons. The molecule has 0 aliphatic rings. The second-order valence-corrected chi connectivity index (χ2v) is 7.34. The Kier molecular flexibility index (Phi) is 5.12. The van der Waals surface area contributed by atoms with E-state index in [-0.39, 0.29) is 11.6 Å². The Balaban J connectivity index is 1.95. The lowest BCUT2D eigenvalue weighted by Crippen LogP contribution is -2.32. The molecular formula is C16H14ClFN4O2S. The topological polar surface area (TPSA) is 76.9 Å². The van der Waals surface area contributed by atoms with Crippen LogP contribution in [0.5, 0.6) is 0 Å². The lowest BCUT2D eigenvalue weighted by atomic mass is 10.1. The number of hydrogen-bond acceptors (Lipinski definition) is 4. The van der Waals surface area contributed by atoms with Gasteiger partial charge in [-0.1, -0.05) is 48.0 Å². The molecule has 25 heavy (non-hydrogen) atoms. The van der Waals surface area contributed by atoms with E-state index in [0.29, 0.717) is 5.56 Å². The van der Waals surface area contributed by atoms with E-state index >= 15 is 0 Å². The van der Waals surface area contributed by atoms with Gasteiger partial charge in [-0.2, -0.15) is 5.10 Å². The molecule has 3 rings (SSSR count). The number of hydrogen-bond donors (Lipinski definition) is 1. The normalized spacial score (nSPS) is 12.9. The van der Waals surface area contributed by atoms with Gasteiger partial charge in [-0.25, -0.2) is 22.5 Å². The number of nitrogens with one attached hydrogen (secondary N) is 1. The Morgan fingerprint density at radius 1 is 1.16 bits per heavy atom. The van der Waals surface area contributed by atoms with Crippen molar-refractivity contribution >= 4 is 21.6 Å². The van der Waals surface area contributed by atoms with Gasteiger partial charge in [0.05, 0.1) is 17.6 Å². The fourth-order valence-corrected chi connectivity index (χ4v) is 3.90. The monoisotopic (exact) mass is 380 g/mol. The zero-order valence-corrected chi connectivity index (χ0v) is 14.5. The highest BCUT2D eigenvalue weighted by molar-refractivity contribution is 7.89. The molecule has 0 aliphatic heterocycles. The van der Waals surface area contributed by atoms with Crippen LogP contribution >= 0.6 is 11.6 Å². The number of benzene rings is 2. The van der Waals surface area contributed by atoms with Crippen molar-refractivity contribution in [2.45, 2.75) is 17.5 Å². The van der Waals surface area contributed by atoms with E-state index in [4.69, 9.17) is 11.6 Å². The Bertz CT molecular complexity index is 950. The van der Waals surface area contributed by atoms with Crippen LogP contribution in [-0.2, 0) is 16.6 Å². The molecule has 3 aromatic rings. The molecule has 1 aromatic heterocycles. The number of aromatic nitrogens is 3. The molecule has 2 aromatic carbocycles. The lowest BCUT2D eigenvalue weighted by molar-refractivity contribution is 0.479. The third kappa shape index (κ3) is 4.04. The molecule has 0 saturated heterocycles. The second kappa shape index (κ2) is 7.30.